The van der Waals surface area contributed by atoms with Crippen LogP contribution in [-0.4, -0.2) is 36.6 Å². The molecule has 0 atom stereocenters. The number of nitrogens with zero attached hydrogens (tertiary/aromatic N) is 3. The van der Waals surface area contributed by atoms with Gasteiger partial charge in [0.15, 0.2) is 0 Å². The summed E-state index contributed by atoms with van der Waals surface area (Å²) in [5.41, 5.74) is 2.29. The van der Waals surface area contributed by atoms with Crippen molar-refractivity contribution in [3.8, 4) is 5.69 Å². The largest absolute Gasteiger partial charge is 0.301 e. The summed E-state index contributed by atoms with van der Waals surface area (Å²) in [4.78, 5) is 0. The van der Waals surface area contributed by atoms with E-state index in [0.29, 0.717) is 5.69 Å². The van der Waals surface area contributed by atoms with Gasteiger partial charge in [-0.2, -0.15) is 17.8 Å². The summed E-state index contributed by atoms with van der Waals surface area (Å²) in [7, 11) is -0.541. The first kappa shape index (κ1) is 13.6. The minimum absolute atomic E-state index is 0.501. The third-order valence-corrected chi connectivity index (χ3v) is 4.11. The second kappa shape index (κ2) is 5.02. The highest BCUT2D eigenvalue weighted by Gasteiger charge is 2.13. The molecule has 0 aliphatic rings. The van der Waals surface area contributed by atoms with Gasteiger partial charge in [0.1, 0.15) is 0 Å². The van der Waals surface area contributed by atoms with Crippen molar-refractivity contribution in [1.82, 2.24) is 14.1 Å². The molecule has 1 aromatic heterocycles. The molecule has 0 aliphatic heterocycles. The molecule has 1 heterocycles. The fourth-order valence-electron chi connectivity index (χ4n) is 1.58. The first-order chi connectivity index (χ1) is 8.90. The molecule has 0 saturated heterocycles. The van der Waals surface area contributed by atoms with Crippen molar-refractivity contribution in [3.63, 3.8) is 0 Å². The molecule has 1 aromatic carbocycles. The van der Waals surface area contributed by atoms with Crippen molar-refractivity contribution < 1.29 is 8.42 Å². The van der Waals surface area contributed by atoms with Crippen LogP contribution in [0.3, 0.4) is 0 Å². The van der Waals surface area contributed by atoms with E-state index in [-0.39, 0.29) is 0 Å². The summed E-state index contributed by atoms with van der Waals surface area (Å²) >= 11 is 0. The Morgan fingerprint density at radius 1 is 1.26 bits per heavy atom. The van der Waals surface area contributed by atoms with Gasteiger partial charge in [-0.15, -0.1) is 0 Å². The molecular weight excluding hydrogens is 264 g/mol. The summed E-state index contributed by atoms with van der Waals surface area (Å²) in [5, 5.41) is 4.19. The zero-order valence-electron chi connectivity index (χ0n) is 11.0. The van der Waals surface area contributed by atoms with Gasteiger partial charge in [-0.1, -0.05) is 6.07 Å². The highest BCUT2D eigenvalue weighted by atomic mass is 32.2. The predicted molar refractivity (Wildman–Crippen MR) is 74.5 cm³/mol. The third kappa shape index (κ3) is 2.94. The second-order valence-corrected chi connectivity index (χ2v) is 6.21. The predicted octanol–water partition coefficient (Wildman–Crippen LogP) is 1.40. The highest BCUT2D eigenvalue weighted by molar-refractivity contribution is 7.90. The molecular formula is C12H16N4O2S. The van der Waals surface area contributed by atoms with Crippen LogP contribution in [0.15, 0.2) is 36.5 Å². The van der Waals surface area contributed by atoms with E-state index in [1.54, 1.807) is 29.1 Å². The Morgan fingerprint density at radius 3 is 2.58 bits per heavy atom. The minimum Gasteiger partial charge on any atom is -0.271 e. The molecule has 2 rings (SSSR count). The van der Waals surface area contributed by atoms with Crippen molar-refractivity contribution in [3.05, 3.63) is 42.2 Å². The molecule has 7 heteroatoms. The monoisotopic (exact) mass is 280 g/mol. The lowest BCUT2D eigenvalue weighted by Gasteiger charge is -2.14. The fraction of sp³-hybridized carbons (Fsp3) is 0.250. The van der Waals surface area contributed by atoms with Crippen LogP contribution in [0, 0.1) is 6.92 Å². The summed E-state index contributed by atoms with van der Waals surface area (Å²) in [6.07, 6.45) is 1.70. The van der Waals surface area contributed by atoms with Crippen LogP contribution in [0.25, 0.3) is 5.69 Å². The van der Waals surface area contributed by atoms with Gasteiger partial charge in [0.25, 0.3) is 0 Å². The van der Waals surface area contributed by atoms with Gasteiger partial charge in [-0.05, 0) is 31.2 Å². The van der Waals surface area contributed by atoms with Crippen LogP contribution < -0.4 is 4.72 Å². The number of rotatable bonds is 4. The number of anilines is 1. The first-order valence-electron chi connectivity index (χ1n) is 5.71. The summed E-state index contributed by atoms with van der Waals surface area (Å²) < 4.78 is 28.9. The molecule has 102 valence electrons. The number of aryl methyl sites for hydroxylation is 1. The molecule has 1 N–H and O–H groups in total. The van der Waals surface area contributed by atoms with Gasteiger partial charge in [0.05, 0.1) is 11.4 Å². The fourth-order valence-corrected chi connectivity index (χ4v) is 2.19. The molecule has 0 unspecified atom stereocenters. The summed E-state index contributed by atoms with van der Waals surface area (Å²) in [6.45, 7) is 1.93. The average molecular weight is 280 g/mol. The Hall–Kier alpha value is -1.86. The van der Waals surface area contributed by atoms with E-state index in [0.717, 1.165) is 15.7 Å². The lowest BCUT2D eigenvalue weighted by Crippen LogP contribution is -2.28. The van der Waals surface area contributed by atoms with Crippen molar-refractivity contribution in [1.29, 1.82) is 0 Å². The molecule has 19 heavy (non-hydrogen) atoms. The van der Waals surface area contributed by atoms with Gasteiger partial charge in [-0.25, -0.2) is 4.68 Å². The quantitative estimate of drug-likeness (QED) is 0.920. The number of benzene rings is 1. The van der Waals surface area contributed by atoms with Crippen LogP contribution >= 0.6 is 0 Å². The zero-order chi connectivity index (χ0) is 14.0. The van der Waals surface area contributed by atoms with E-state index in [1.165, 1.54) is 14.1 Å². The van der Waals surface area contributed by atoms with Crippen molar-refractivity contribution in [2.75, 3.05) is 18.8 Å². The molecule has 2 aromatic rings. The standard InChI is InChI=1S/C12H16N4O2S/c1-10-7-8-13-16(10)12-6-4-5-11(9-12)14-19(17,18)15(2)3/h4-9,14H,1-3H3. The third-order valence-electron chi connectivity index (χ3n) is 2.65. The molecule has 0 saturated carbocycles. The maximum Gasteiger partial charge on any atom is 0.301 e. The van der Waals surface area contributed by atoms with Crippen molar-refractivity contribution in [2.45, 2.75) is 6.92 Å². The maximum atomic E-state index is 11.8. The van der Waals surface area contributed by atoms with E-state index in [2.05, 4.69) is 9.82 Å². The second-order valence-electron chi connectivity index (χ2n) is 4.32. The van der Waals surface area contributed by atoms with Gasteiger partial charge in [-0.3, -0.25) is 4.72 Å². The summed E-state index contributed by atoms with van der Waals surface area (Å²) in [5.74, 6) is 0. The normalized spacial score (nSPS) is 11.8. The maximum absolute atomic E-state index is 11.8. The molecule has 0 amide bonds. The number of nitrogens with one attached hydrogen (secondary N) is 1. The highest BCUT2D eigenvalue weighted by Crippen LogP contribution is 2.17. The van der Waals surface area contributed by atoms with Crippen molar-refractivity contribution >= 4 is 15.9 Å². The van der Waals surface area contributed by atoms with E-state index in [1.807, 2.05) is 19.1 Å². The molecule has 6 nitrogen and oxygen atoms in total. The topological polar surface area (TPSA) is 67.2 Å². The van der Waals surface area contributed by atoms with Crippen LogP contribution in [0.2, 0.25) is 0 Å². The Kier molecular flexibility index (Phi) is 3.59. The Balaban J connectivity index is 2.34. The Morgan fingerprint density at radius 2 is 2.00 bits per heavy atom. The van der Waals surface area contributed by atoms with E-state index in [9.17, 15) is 8.42 Å². The number of hydrogen-bond donors (Lipinski definition) is 1. The lowest BCUT2D eigenvalue weighted by atomic mass is 10.3. The zero-order valence-corrected chi connectivity index (χ0v) is 11.8. The Labute approximate surface area is 112 Å². The van der Waals surface area contributed by atoms with Gasteiger partial charge in [0, 0.05) is 26.0 Å². The Bertz CT molecular complexity index is 677. The smallest absolute Gasteiger partial charge is 0.271 e. The minimum atomic E-state index is -3.49. The van der Waals surface area contributed by atoms with E-state index in [4.69, 9.17) is 0 Å². The summed E-state index contributed by atoms with van der Waals surface area (Å²) in [6, 6.07) is 8.97. The first-order valence-corrected chi connectivity index (χ1v) is 7.15. The van der Waals surface area contributed by atoms with Gasteiger partial charge >= 0.3 is 10.2 Å². The van der Waals surface area contributed by atoms with Crippen molar-refractivity contribution in [2.24, 2.45) is 0 Å². The van der Waals surface area contributed by atoms with Gasteiger partial charge in [0.2, 0.25) is 0 Å². The lowest BCUT2D eigenvalue weighted by molar-refractivity contribution is 0.527. The van der Waals surface area contributed by atoms with E-state index < -0.39 is 10.2 Å². The molecule has 0 spiro atoms. The number of hydrogen-bond acceptors (Lipinski definition) is 3. The molecule has 0 radical (unpaired) electrons. The average Bonchev–Trinajstić information content (AvgIpc) is 2.75. The molecule has 0 bridgehead atoms. The number of aromatic nitrogens is 2. The van der Waals surface area contributed by atoms with Crippen LogP contribution in [0.4, 0.5) is 5.69 Å². The van der Waals surface area contributed by atoms with Crippen LogP contribution in [-0.2, 0) is 10.2 Å². The van der Waals surface area contributed by atoms with E-state index >= 15 is 0 Å². The molecule has 0 fully saturated rings. The molecule has 0 aliphatic carbocycles. The van der Waals surface area contributed by atoms with Gasteiger partial charge < -0.3 is 0 Å². The SMILES string of the molecule is Cc1ccnn1-c1cccc(NS(=O)(=O)N(C)C)c1. The van der Waals surface area contributed by atoms with Crippen LogP contribution in [0.5, 0.6) is 0 Å². The van der Waals surface area contributed by atoms with Crippen LogP contribution in [0.1, 0.15) is 5.69 Å².